The van der Waals surface area contributed by atoms with E-state index < -0.39 is 23.8 Å². The van der Waals surface area contributed by atoms with Gasteiger partial charge in [0.2, 0.25) is 5.91 Å². The largest absolute Gasteiger partial charge is 0.481 e. The van der Waals surface area contributed by atoms with Crippen molar-refractivity contribution < 1.29 is 24.2 Å². The number of thiophene rings is 1. The highest BCUT2D eigenvalue weighted by atomic mass is 32.1. The van der Waals surface area contributed by atoms with Gasteiger partial charge in [0.1, 0.15) is 5.00 Å². The average Bonchev–Trinajstić information content (AvgIpc) is 3.39. The van der Waals surface area contributed by atoms with Gasteiger partial charge in [-0.15, -0.1) is 11.3 Å². The zero-order valence-corrected chi connectivity index (χ0v) is 17.9. The molecule has 4 atom stereocenters. The summed E-state index contributed by atoms with van der Waals surface area (Å²) in [6.45, 7) is 6.04. The Balaban J connectivity index is 1.66. The summed E-state index contributed by atoms with van der Waals surface area (Å²) in [6.07, 6.45) is 4.38. The number of carboxylic acids is 1. The fourth-order valence-electron chi connectivity index (χ4n) is 5.71. The van der Waals surface area contributed by atoms with Crippen LogP contribution in [0.2, 0.25) is 0 Å². The molecule has 3 aliphatic carbocycles. The van der Waals surface area contributed by atoms with Crippen molar-refractivity contribution in [2.24, 2.45) is 23.7 Å². The summed E-state index contributed by atoms with van der Waals surface area (Å²) in [5.74, 6) is -2.97. The van der Waals surface area contributed by atoms with Crippen LogP contribution >= 0.6 is 11.3 Å². The fraction of sp³-hybridized carbons (Fsp3) is 0.591. The minimum Gasteiger partial charge on any atom is -0.481 e. The monoisotopic (exact) mass is 417 g/mol. The molecule has 2 bridgehead atoms. The molecule has 4 rings (SSSR count). The summed E-state index contributed by atoms with van der Waals surface area (Å²) < 4.78 is 5.23. The van der Waals surface area contributed by atoms with Crippen LogP contribution in [0.25, 0.3) is 0 Å². The number of rotatable bonds is 5. The second-order valence-electron chi connectivity index (χ2n) is 8.41. The number of amides is 1. The van der Waals surface area contributed by atoms with Crippen LogP contribution in [-0.4, -0.2) is 29.6 Å². The maximum Gasteiger partial charge on any atom is 0.341 e. The van der Waals surface area contributed by atoms with E-state index in [2.05, 4.69) is 5.32 Å². The number of aryl methyl sites for hydroxylation is 1. The molecule has 0 radical (unpaired) electrons. The first-order valence-corrected chi connectivity index (χ1v) is 11.2. The lowest BCUT2D eigenvalue weighted by Crippen LogP contribution is -2.38. The highest BCUT2D eigenvalue weighted by Crippen LogP contribution is 2.57. The highest BCUT2D eigenvalue weighted by Gasteiger charge is 2.57. The first kappa shape index (κ1) is 20.1. The predicted molar refractivity (Wildman–Crippen MR) is 110 cm³/mol. The van der Waals surface area contributed by atoms with E-state index in [1.54, 1.807) is 6.92 Å². The van der Waals surface area contributed by atoms with E-state index in [4.69, 9.17) is 4.74 Å². The number of fused-ring (bicyclic) bond motifs is 3. The molecule has 2 N–H and O–H groups in total. The molecule has 2 fully saturated rings. The number of esters is 1. The SMILES string of the molecule is CCOC(=O)c1c(NC(=O)[C@H]2[C@H](C(=O)O)[C@H]3CC[C@H]2C3=C(C)C)sc2c1CCC2. The normalized spacial score (nSPS) is 27.1. The van der Waals surface area contributed by atoms with Gasteiger partial charge in [-0.3, -0.25) is 9.59 Å². The lowest BCUT2D eigenvalue weighted by molar-refractivity contribution is -0.148. The van der Waals surface area contributed by atoms with Gasteiger partial charge in [-0.25, -0.2) is 4.79 Å². The molecule has 1 aromatic heterocycles. The molecule has 0 aliphatic heterocycles. The van der Waals surface area contributed by atoms with Crippen LogP contribution in [0.15, 0.2) is 11.1 Å². The second-order valence-corrected chi connectivity index (χ2v) is 9.51. The smallest absolute Gasteiger partial charge is 0.341 e. The second kappa shape index (κ2) is 7.59. The van der Waals surface area contributed by atoms with E-state index in [-0.39, 0.29) is 24.3 Å². The number of carboxylic acid groups (broad SMARTS) is 1. The Morgan fingerprint density at radius 2 is 1.83 bits per heavy atom. The maximum atomic E-state index is 13.3. The molecule has 29 heavy (non-hydrogen) atoms. The Morgan fingerprint density at radius 3 is 2.45 bits per heavy atom. The van der Waals surface area contributed by atoms with Gasteiger partial charge in [-0.05, 0) is 70.3 Å². The summed E-state index contributed by atoms with van der Waals surface area (Å²) in [5, 5.41) is 13.3. The molecule has 3 aliphatic rings. The van der Waals surface area contributed by atoms with Gasteiger partial charge in [0, 0.05) is 4.88 Å². The van der Waals surface area contributed by atoms with E-state index in [9.17, 15) is 19.5 Å². The van der Waals surface area contributed by atoms with Crippen molar-refractivity contribution in [2.75, 3.05) is 11.9 Å². The van der Waals surface area contributed by atoms with Gasteiger partial charge in [0.15, 0.2) is 0 Å². The Kier molecular flexibility index (Phi) is 5.27. The Bertz CT molecular complexity index is 911. The van der Waals surface area contributed by atoms with E-state index >= 15 is 0 Å². The van der Waals surface area contributed by atoms with Crippen molar-refractivity contribution in [3.63, 3.8) is 0 Å². The molecule has 6 nitrogen and oxygen atoms in total. The lowest BCUT2D eigenvalue weighted by atomic mass is 9.79. The van der Waals surface area contributed by atoms with Crippen LogP contribution in [0.3, 0.4) is 0 Å². The van der Waals surface area contributed by atoms with Crippen LogP contribution in [0.4, 0.5) is 5.00 Å². The Hall–Kier alpha value is -2.15. The van der Waals surface area contributed by atoms with Crippen molar-refractivity contribution in [1.29, 1.82) is 0 Å². The third-order valence-corrected chi connectivity index (χ3v) is 7.85. The summed E-state index contributed by atoms with van der Waals surface area (Å²) in [4.78, 5) is 39.0. The summed E-state index contributed by atoms with van der Waals surface area (Å²) in [7, 11) is 0. The minimum absolute atomic E-state index is 0.0241. The summed E-state index contributed by atoms with van der Waals surface area (Å²) >= 11 is 1.43. The summed E-state index contributed by atoms with van der Waals surface area (Å²) in [5.41, 5.74) is 3.73. The quantitative estimate of drug-likeness (QED) is 0.557. The minimum atomic E-state index is -0.907. The molecule has 1 aromatic rings. The lowest BCUT2D eigenvalue weighted by Gasteiger charge is -2.26. The molecule has 0 unspecified atom stereocenters. The molecule has 1 heterocycles. The third kappa shape index (κ3) is 3.19. The number of nitrogens with one attached hydrogen (secondary N) is 1. The molecule has 0 saturated heterocycles. The number of aliphatic carboxylic acids is 1. The Morgan fingerprint density at radius 1 is 1.14 bits per heavy atom. The zero-order chi connectivity index (χ0) is 20.9. The average molecular weight is 418 g/mol. The fourth-order valence-corrected chi connectivity index (χ4v) is 6.99. The predicted octanol–water partition coefficient (Wildman–Crippen LogP) is 4.05. The van der Waals surface area contributed by atoms with E-state index in [0.29, 0.717) is 10.6 Å². The number of hydrogen-bond donors (Lipinski definition) is 2. The first-order chi connectivity index (χ1) is 13.8. The van der Waals surface area contributed by atoms with Gasteiger partial charge in [0.05, 0.1) is 24.0 Å². The number of ether oxygens (including phenoxy) is 1. The van der Waals surface area contributed by atoms with E-state index in [0.717, 1.165) is 53.7 Å². The summed E-state index contributed by atoms with van der Waals surface area (Å²) in [6, 6.07) is 0. The van der Waals surface area contributed by atoms with E-state index in [1.807, 2.05) is 13.8 Å². The number of hydrogen-bond acceptors (Lipinski definition) is 5. The molecular formula is C22H27NO5S. The zero-order valence-electron chi connectivity index (χ0n) is 17.0. The van der Waals surface area contributed by atoms with Crippen LogP contribution in [0.1, 0.15) is 60.8 Å². The number of carbonyl (C=O) groups is 3. The van der Waals surface area contributed by atoms with E-state index in [1.165, 1.54) is 11.3 Å². The standard InChI is InChI=1S/C22H27NO5S/c1-4-28-22(27)18-11-6-5-7-14(11)29-20(18)23-19(24)16-12-8-9-13(15(12)10(2)3)17(16)21(25)26/h12-13,16-17H,4-9H2,1-3H3,(H,23,24)(H,25,26)/t12-,13-,16+,17+/m0/s1. The van der Waals surface area contributed by atoms with Crippen molar-refractivity contribution >= 4 is 34.2 Å². The third-order valence-electron chi connectivity index (χ3n) is 6.64. The van der Waals surface area contributed by atoms with Gasteiger partial charge in [-0.1, -0.05) is 11.1 Å². The molecule has 1 amide bonds. The number of anilines is 1. The van der Waals surface area contributed by atoms with Crippen LogP contribution < -0.4 is 5.32 Å². The number of allylic oxidation sites excluding steroid dienone is 2. The van der Waals surface area contributed by atoms with Crippen molar-refractivity contribution in [1.82, 2.24) is 0 Å². The topological polar surface area (TPSA) is 92.7 Å². The maximum absolute atomic E-state index is 13.3. The van der Waals surface area contributed by atoms with Gasteiger partial charge in [-0.2, -0.15) is 0 Å². The molecule has 156 valence electrons. The molecule has 2 saturated carbocycles. The van der Waals surface area contributed by atoms with Crippen molar-refractivity contribution in [3.8, 4) is 0 Å². The first-order valence-electron chi connectivity index (χ1n) is 10.4. The van der Waals surface area contributed by atoms with Crippen LogP contribution in [-0.2, 0) is 27.2 Å². The van der Waals surface area contributed by atoms with Gasteiger partial charge < -0.3 is 15.2 Å². The number of carbonyl (C=O) groups excluding carboxylic acids is 2. The molecule has 7 heteroatoms. The Labute approximate surface area is 174 Å². The molecular weight excluding hydrogens is 390 g/mol. The highest BCUT2D eigenvalue weighted by molar-refractivity contribution is 7.17. The van der Waals surface area contributed by atoms with Gasteiger partial charge in [0.25, 0.3) is 0 Å². The van der Waals surface area contributed by atoms with Crippen molar-refractivity contribution in [3.05, 3.63) is 27.2 Å². The van der Waals surface area contributed by atoms with Crippen LogP contribution in [0, 0.1) is 23.7 Å². The van der Waals surface area contributed by atoms with Crippen molar-refractivity contribution in [2.45, 2.75) is 52.9 Å². The molecule has 0 spiro atoms. The van der Waals surface area contributed by atoms with Crippen LogP contribution in [0.5, 0.6) is 0 Å². The molecule has 0 aromatic carbocycles. The van der Waals surface area contributed by atoms with Gasteiger partial charge >= 0.3 is 11.9 Å².